The lowest BCUT2D eigenvalue weighted by atomic mass is 10.0. The molecule has 0 aliphatic heterocycles. The minimum Gasteiger partial charge on any atom is -0.384 e. The van der Waals surface area contributed by atoms with Crippen LogP contribution in [0.3, 0.4) is 0 Å². The number of hydrogen-bond donors (Lipinski definition) is 3. The predicted octanol–water partition coefficient (Wildman–Crippen LogP) is 2.43. The quantitative estimate of drug-likeness (QED) is 0.356. The van der Waals surface area contributed by atoms with E-state index in [0.717, 1.165) is 26.9 Å². The monoisotopic (exact) mass is 496 g/mol. The average Bonchev–Trinajstić information content (AvgIpc) is 3.48. The third kappa shape index (κ3) is 5.47. The van der Waals surface area contributed by atoms with Gasteiger partial charge in [-0.15, -0.1) is 11.3 Å². The van der Waals surface area contributed by atoms with Gasteiger partial charge >= 0.3 is 0 Å². The molecule has 0 unspecified atom stereocenters. The van der Waals surface area contributed by atoms with Crippen molar-refractivity contribution >= 4 is 44.1 Å². The van der Waals surface area contributed by atoms with Crippen molar-refractivity contribution in [1.29, 1.82) is 0 Å². The number of rotatable bonds is 7. The van der Waals surface area contributed by atoms with Crippen LogP contribution < -0.4 is 16.4 Å². The van der Waals surface area contributed by atoms with Gasteiger partial charge in [0.15, 0.2) is 5.13 Å². The van der Waals surface area contributed by atoms with Crippen LogP contribution in [0.15, 0.2) is 66.4 Å². The summed E-state index contributed by atoms with van der Waals surface area (Å²) in [4.78, 5) is 32.9. The van der Waals surface area contributed by atoms with Crippen LogP contribution in [-0.2, 0) is 14.8 Å². The molecule has 0 radical (unpaired) electrons. The first-order valence-corrected chi connectivity index (χ1v) is 12.7. The van der Waals surface area contributed by atoms with Gasteiger partial charge < -0.3 is 16.4 Å². The summed E-state index contributed by atoms with van der Waals surface area (Å²) in [5.41, 5.74) is 9.35. The second-order valence-corrected chi connectivity index (χ2v) is 10.1. The van der Waals surface area contributed by atoms with Crippen LogP contribution in [0.4, 0.5) is 10.9 Å². The van der Waals surface area contributed by atoms with Crippen molar-refractivity contribution in [2.75, 3.05) is 23.9 Å². The second kappa shape index (κ2) is 9.45. The van der Waals surface area contributed by atoms with E-state index in [2.05, 4.69) is 20.6 Å². The zero-order valence-corrected chi connectivity index (χ0v) is 19.6. The first-order valence-electron chi connectivity index (χ1n) is 9.93. The first kappa shape index (κ1) is 23.1. The molecule has 2 amide bonds. The lowest BCUT2D eigenvalue weighted by Gasteiger charge is -2.05. The van der Waals surface area contributed by atoms with E-state index in [1.807, 2.05) is 35.7 Å². The van der Waals surface area contributed by atoms with E-state index < -0.39 is 21.8 Å². The third-order valence-electron chi connectivity index (χ3n) is 4.75. The molecule has 3 aromatic heterocycles. The average molecular weight is 497 g/mol. The molecular weight excluding hydrogens is 476 g/mol. The zero-order chi connectivity index (χ0) is 24.3. The molecule has 0 aliphatic carbocycles. The maximum absolute atomic E-state index is 12.3. The van der Waals surface area contributed by atoms with Crippen molar-refractivity contribution in [2.45, 2.75) is 0 Å². The Kier molecular flexibility index (Phi) is 6.43. The molecule has 0 bridgehead atoms. The number of anilines is 2. The first-order chi connectivity index (χ1) is 16.2. The Bertz CT molecular complexity index is 1480. The van der Waals surface area contributed by atoms with Crippen molar-refractivity contribution in [3.05, 3.63) is 72.0 Å². The summed E-state index contributed by atoms with van der Waals surface area (Å²) < 4.78 is 23.9. The molecule has 0 saturated heterocycles. The van der Waals surface area contributed by atoms with E-state index in [1.54, 1.807) is 12.3 Å². The Hall–Kier alpha value is -4.03. The molecule has 0 aliphatic rings. The summed E-state index contributed by atoms with van der Waals surface area (Å²) in [6, 6.07) is 12.8. The lowest BCUT2D eigenvalue weighted by molar-refractivity contribution is -0.115. The number of hydrogen-bond acceptors (Lipinski definition) is 8. The van der Waals surface area contributed by atoms with Crippen LogP contribution >= 0.6 is 11.3 Å². The van der Waals surface area contributed by atoms with Gasteiger partial charge in [-0.1, -0.05) is 18.2 Å². The fourth-order valence-electron chi connectivity index (χ4n) is 3.09. The summed E-state index contributed by atoms with van der Waals surface area (Å²) in [6.45, 7) is -0.295. The number of carbonyl (C=O) groups is 2. The highest BCUT2D eigenvalue weighted by Crippen LogP contribution is 2.29. The standard InChI is InChI=1S/C22H20N6O4S2/c1-34(31,32)28-8-6-17(12-28)21(30)25-11-20(29)27-22-26-18(13-33-22)16-4-2-3-14(9-16)15-5-7-24-19(23)10-15/h2-10,12-13H,11H2,1H3,(H2,23,24)(H,25,30)(H,26,27,29). The van der Waals surface area contributed by atoms with Gasteiger partial charge in [0.05, 0.1) is 24.1 Å². The van der Waals surface area contributed by atoms with Gasteiger partial charge in [0.1, 0.15) is 5.82 Å². The predicted molar refractivity (Wildman–Crippen MR) is 131 cm³/mol. The van der Waals surface area contributed by atoms with Crippen molar-refractivity contribution in [3.63, 3.8) is 0 Å². The van der Waals surface area contributed by atoms with E-state index in [9.17, 15) is 18.0 Å². The largest absolute Gasteiger partial charge is 0.384 e. The Morgan fingerprint density at radius 3 is 2.62 bits per heavy atom. The van der Waals surface area contributed by atoms with E-state index in [-0.39, 0.29) is 12.1 Å². The molecule has 4 rings (SSSR count). The molecule has 0 fully saturated rings. The van der Waals surface area contributed by atoms with Crippen LogP contribution in [0.2, 0.25) is 0 Å². The second-order valence-electron chi connectivity index (χ2n) is 7.31. The Labute approximate surface area is 199 Å². The van der Waals surface area contributed by atoms with Gasteiger partial charge in [-0.25, -0.2) is 18.4 Å². The van der Waals surface area contributed by atoms with Gasteiger partial charge in [0.2, 0.25) is 15.9 Å². The minimum atomic E-state index is -3.49. The maximum Gasteiger partial charge on any atom is 0.253 e. The highest BCUT2D eigenvalue weighted by Gasteiger charge is 2.14. The molecule has 10 nitrogen and oxygen atoms in total. The number of carbonyl (C=O) groups excluding carboxylic acids is 2. The van der Waals surface area contributed by atoms with Crippen molar-refractivity contribution in [3.8, 4) is 22.4 Å². The lowest BCUT2D eigenvalue weighted by Crippen LogP contribution is -2.32. The van der Waals surface area contributed by atoms with E-state index >= 15 is 0 Å². The molecule has 0 saturated carbocycles. The summed E-state index contributed by atoms with van der Waals surface area (Å²) in [5.74, 6) is -0.592. The topological polar surface area (TPSA) is 149 Å². The minimum absolute atomic E-state index is 0.130. The normalized spacial score (nSPS) is 11.2. The molecule has 4 N–H and O–H groups in total. The summed E-state index contributed by atoms with van der Waals surface area (Å²) in [5, 5.41) is 7.31. The van der Waals surface area contributed by atoms with Crippen molar-refractivity contribution in [1.82, 2.24) is 19.3 Å². The SMILES string of the molecule is CS(=O)(=O)n1ccc(C(=O)NCC(=O)Nc2nc(-c3cccc(-c4ccnc(N)c4)c3)cs2)c1. The molecule has 0 spiro atoms. The number of benzene rings is 1. The van der Waals surface area contributed by atoms with Crippen molar-refractivity contribution in [2.24, 2.45) is 0 Å². The number of thiazole rings is 1. The molecule has 4 aromatic rings. The summed E-state index contributed by atoms with van der Waals surface area (Å²) in [7, 11) is -3.49. The molecule has 12 heteroatoms. The zero-order valence-electron chi connectivity index (χ0n) is 17.9. The maximum atomic E-state index is 12.3. The molecule has 34 heavy (non-hydrogen) atoms. The number of amides is 2. The number of pyridine rings is 1. The van der Waals surface area contributed by atoms with Gasteiger partial charge in [-0.05, 0) is 35.4 Å². The van der Waals surface area contributed by atoms with E-state index in [4.69, 9.17) is 5.73 Å². The Balaban J connectivity index is 1.37. The van der Waals surface area contributed by atoms with Gasteiger partial charge in [0, 0.05) is 29.5 Å². The van der Waals surface area contributed by atoms with E-state index in [0.29, 0.717) is 16.6 Å². The van der Waals surface area contributed by atoms with Crippen LogP contribution in [0.1, 0.15) is 10.4 Å². The van der Waals surface area contributed by atoms with E-state index in [1.165, 1.54) is 29.8 Å². The Morgan fingerprint density at radius 1 is 1.12 bits per heavy atom. The molecule has 1 aromatic carbocycles. The number of nitrogens with two attached hydrogens (primary N) is 1. The number of nitrogen functional groups attached to an aromatic ring is 1. The molecule has 3 heterocycles. The fraction of sp³-hybridized carbons (Fsp3) is 0.0909. The van der Waals surface area contributed by atoms with Crippen LogP contribution in [0.25, 0.3) is 22.4 Å². The van der Waals surface area contributed by atoms with Gasteiger partial charge in [-0.3, -0.25) is 13.6 Å². The Morgan fingerprint density at radius 2 is 1.88 bits per heavy atom. The molecular formula is C22H20N6O4S2. The summed E-state index contributed by atoms with van der Waals surface area (Å²) >= 11 is 1.26. The van der Waals surface area contributed by atoms with Crippen LogP contribution in [0.5, 0.6) is 0 Å². The summed E-state index contributed by atoms with van der Waals surface area (Å²) in [6.07, 6.45) is 5.12. The number of aromatic nitrogens is 3. The van der Waals surface area contributed by atoms with Crippen molar-refractivity contribution < 1.29 is 18.0 Å². The van der Waals surface area contributed by atoms with Crippen LogP contribution in [0, 0.1) is 0 Å². The fourth-order valence-corrected chi connectivity index (χ4v) is 4.42. The highest BCUT2D eigenvalue weighted by molar-refractivity contribution is 7.89. The smallest absolute Gasteiger partial charge is 0.253 e. The van der Waals surface area contributed by atoms with Crippen LogP contribution in [-0.4, -0.2) is 47.0 Å². The molecule has 0 atom stereocenters. The third-order valence-corrected chi connectivity index (χ3v) is 6.50. The van der Waals surface area contributed by atoms with Gasteiger partial charge in [-0.2, -0.15) is 0 Å². The number of nitrogens with one attached hydrogen (secondary N) is 2. The highest BCUT2D eigenvalue weighted by atomic mass is 32.2. The van der Waals surface area contributed by atoms with Gasteiger partial charge in [0.25, 0.3) is 5.91 Å². The molecule has 174 valence electrons. The number of nitrogens with zero attached hydrogens (tertiary/aromatic N) is 3.